The molecule has 0 saturated heterocycles. The monoisotopic (exact) mass is 408 g/mol. The van der Waals surface area contributed by atoms with Gasteiger partial charge in [0, 0.05) is 16.8 Å². The molecule has 29 heavy (non-hydrogen) atoms. The predicted octanol–water partition coefficient (Wildman–Crippen LogP) is 5.14. The molecule has 0 fully saturated rings. The van der Waals surface area contributed by atoms with E-state index in [1.807, 2.05) is 60.8 Å². The Bertz CT molecular complexity index is 1130. The Morgan fingerprint density at radius 3 is 2.69 bits per heavy atom. The summed E-state index contributed by atoms with van der Waals surface area (Å²) in [7, 11) is 1.62. The van der Waals surface area contributed by atoms with Crippen LogP contribution in [0.25, 0.3) is 22.4 Å². The van der Waals surface area contributed by atoms with Crippen LogP contribution in [-0.4, -0.2) is 24.6 Å². The summed E-state index contributed by atoms with van der Waals surface area (Å²) in [6.45, 7) is 2.55. The molecule has 0 atom stereocenters. The smallest absolute Gasteiger partial charge is 0.230 e. The minimum absolute atomic E-state index is 0.121. The van der Waals surface area contributed by atoms with Gasteiger partial charge >= 0.3 is 0 Å². The van der Waals surface area contributed by atoms with Gasteiger partial charge in [0.05, 0.1) is 20.1 Å². The van der Waals surface area contributed by atoms with E-state index in [0.29, 0.717) is 23.2 Å². The molecule has 148 valence electrons. The molecule has 4 aromatic rings. The molecule has 0 bridgehead atoms. The van der Waals surface area contributed by atoms with E-state index < -0.39 is 0 Å². The van der Waals surface area contributed by atoms with Crippen molar-refractivity contribution in [3.63, 3.8) is 0 Å². The van der Waals surface area contributed by atoms with Gasteiger partial charge in [-0.2, -0.15) is 0 Å². The maximum Gasteiger partial charge on any atom is 0.230 e. The van der Waals surface area contributed by atoms with Crippen LogP contribution in [0.15, 0.2) is 58.3 Å². The molecule has 2 aromatic carbocycles. The molecule has 0 radical (unpaired) electrons. The molecular formula is C22H20N2O4S. The second-order valence-corrected chi connectivity index (χ2v) is 7.21. The molecule has 1 N–H and O–H groups in total. The van der Waals surface area contributed by atoms with E-state index in [-0.39, 0.29) is 12.3 Å². The van der Waals surface area contributed by atoms with Crippen LogP contribution in [0.4, 0.5) is 5.13 Å². The number of hydrogen-bond acceptors (Lipinski definition) is 6. The van der Waals surface area contributed by atoms with Crippen LogP contribution in [0.5, 0.6) is 11.5 Å². The third-order valence-electron chi connectivity index (χ3n) is 4.33. The van der Waals surface area contributed by atoms with Gasteiger partial charge in [-0.05, 0) is 42.8 Å². The summed E-state index contributed by atoms with van der Waals surface area (Å²) in [6.07, 6.45) is 0.270. The lowest BCUT2D eigenvalue weighted by atomic mass is 10.1. The van der Waals surface area contributed by atoms with Crippen LogP contribution in [0.1, 0.15) is 12.5 Å². The normalized spacial score (nSPS) is 10.8. The van der Waals surface area contributed by atoms with Crippen LogP contribution in [0.3, 0.4) is 0 Å². The zero-order valence-electron chi connectivity index (χ0n) is 16.1. The van der Waals surface area contributed by atoms with Crippen molar-refractivity contribution in [3.8, 4) is 23.0 Å². The molecule has 0 aliphatic rings. The van der Waals surface area contributed by atoms with E-state index in [0.717, 1.165) is 28.0 Å². The number of nitrogens with one attached hydrogen (secondary N) is 1. The first-order valence-corrected chi connectivity index (χ1v) is 10.1. The van der Waals surface area contributed by atoms with Gasteiger partial charge in [-0.3, -0.25) is 4.79 Å². The molecule has 4 rings (SSSR count). The summed E-state index contributed by atoms with van der Waals surface area (Å²) in [5, 5.41) is 6.21. The van der Waals surface area contributed by atoms with Crippen molar-refractivity contribution in [3.05, 3.63) is 59.5 Å². The van der Waals surface area contributed by atoms with Gasteiger partial charge in [0.2, 0.25) is 5.91 Å². The maximum absolute atomic E-state index is 12.3. The van der Waals surface area contributed by atoms with Crippen LogP contribution in [-0.2, 0) is 11.2 Å². The highest BCUT2D eigenvalue weighted by atomic mass is 32.1. The molecule has 0 unspecified atom stereocenters. The fraction of sp³-hybridized carbons (Fsp3) is 0.182. The number of hydrogen-bond donors (Lipinski definition) is 1. The van der Waals surface area contributed by atoms with Crippen molar-refractivity contribution in [1.29, 1.82) is 0 Å². The number of methoxy groups -OCH3 is 1. The van der Waals surface area contributed by atoms with E-state index in [2.05, 4.69) is 10.3 Å². The molecule has 1 amide bonds. The Hall–Kier alpha value is -3.32. The number of thiazole rings is 1. The second-order valence-electron chi connectivity index (χ2n) is 6.35. The van der Waals surface area contributed by atoms with Crippen LogP contribution >= 0.6 is 11.3 Å². The molecular weight excluding hydrogens is 388 g/mol. The van der Waals surface area contributed by atoms with Gasteiger partial charge in [0.25, 0.3) is 0 Å². The molecule has 0 saturated carbocycles. The summed E-state index contributed by atoms with van der Waals surface area (Å²) < 4.78 is 16.5. The predicted molar refractivity (Wildman–Crippen MR) is 114 cm³/mol. The average molecular weight is 408 g/mol. The molecule has 2 heterocycles. The van der Waals surface area contributed by atoms with Crippen LogP contribution < -0.4 is 14.8 Å². The van der Waals surface area contributed by atoms with Gasteiger partial charge in [0.1, 0.15) is 22.8 Å². The SMILES string of the molecule is CCOc1ccc(CC(=O)Nc2nc(-c3cc4ccc(OC)cc4o3)cs2)cc1. The fourth-order valence-corrected chi connectivity index (χ4v) is 3.64. The van der Waals surface area contributed by atoms with Crippen molar-refractivity contribution in [2.24, 2.45) is 0 Å². The number of benzene rings is 2. The summed E-state index contributed by atoms with van der Waals surface area (Å²) >= 11 is 1.36. The van der Waals surface area contributed by atoms with Crippen molar-refractivity contribution >= 4 is 33.3 Å². The summed E-state index contributed by atoms with van der Waals surface area (Å²) in [6, 6.07) is 15.1. The molecule has 7 heteroatoms. The van der Waals surface area contributed by atoms with E-state index in [1.54, 1.807) is 7.11 Å². The lowest BCUT2D eigenvalue weighted by Gasteiger charge is -2.05. The highest BCUT2D eigenvalue weighted by Gasteiger charge is 2.13. The van der Waals surface area contributed by atoms with E-state index >= 15 is 0 Å². The van der Waals surface area contributed by atoms with Gasteiger partial charge in [-0.15, -0.1) is 11.3 Å². The Labute approximate surface area is 172 Å². The standard InChI is InChI=1S/C22H20N2O4S/c1-3-27-16-7-4-14(5-8-16)10-21(25)24-22-23-18(13-29-22)20-11-15-6-9-17(26-2)12-19(15)28-20/h4-9,11-13H,3,10H2,1-2H3,(H,23,24,25). The average Bonchev–Trinajstić information content (AvgIpc) is 3.35. The zero-order valence-corrected chi connectivity index (χ0v) is 16.9. The van der Waals surface area contributed by atoms with Crippen LogP contribution in [0.2, 0.25) is 0 Å². The summed E-state index contributed by atoms with van der Waals surface area (Å²) in [4.78, 5) is 16.8. The minimum Gasteiger partial charge on any atom is -0.497 e. The van der Waals surface area contributed by atoms with Crippen LogP contribution in [0, 0.1) is 0 Å². The molecule has 0 aliphatic carbocycles. The number of aromatic nitrogens is 1. The van der Waals surface area contributed by atoms with E-state index in [4.69, 9.17) is 13.9 Å². The molecule has 6 nitrogen and oxygen atoms in total. The fourth-order valence-electron chi connectivity index (χ4n) is 2.93. The van der Waals surface area contributed by atoms with Gasteiger partial charge in [-0.1, -0.05) is 12.1 Å². The first kappa shape index (κ1) is 19.0. The topological polar surface area (TPSA) is 73.6 Å². The Morgan fingerprint density at radius 2 is 1.93 bits per heavy atom. The molecule has 0 aliphatic heterocycles. The quantitative estimate of drug-likeness (QED) is 0.458. The number of amides is 1. The Morgan fingerprint density at radius 1 is 1.14 bits per heavy atom. The van der Waals surface area contributed by atoms with Crippen molar-refractivity contribution in [2.75, 3.05) is 19.0 Å². The maximum atomic E-state index is 12.3. The largest absolute Gasteiger partial charge is 0.497 e. The number of fused-ring (bicyclic) bond motifs is 1. The minimum atomic E-state index is -0.121. The first-order chi connectivity index (χ1) is 14.1. The number of carbonyl (C=O) groups is 1. The summed E-state index contributed by atoms with van der Waals surface area (Å²) in [5.41, 5.74) is 2.32. The van der Waals surface area contributed by atoms with Crippen molar-refractivity contribution in [2.45, 2.75) is 13.3 Å². The molecule has 2 aromatic heterocycles. The van der Waals surface area contributed by atoms with Crippen molar-refractivity contribution < 1.29 is 18.7 Å². The lowest BCUT2D eigenvalue weighted by molar-refractivity contribution is -0.115. The van der Waals surface area contributed by atoms with Gasteiger partial charge in [-0.25, -0.2) is 4.98 Å². The number of rotatable bonds is 7. The van der Waals surface area contributed by atoms with E-state index in [1.165, 1.54) is 11.3 Å². The zero-order chi connectivity index (χ0) is 20.2. The van der Waals surface area contributed by atoms with Gasteiger partial charge in [0.15, 0.2) is 10.9 Å². The Kier molecular flexibility index (Phi) is 5.48. The second kappa shape index (κ2) is 8.36. The Balaban J connectivity index is 1.43. The lowest BCUT2D eigenvalue weighted by Crippen LogP contribution is -2.14. The third kappa shape index (κ3) is 4.41. The van der Waals surface area contributed by atoms with Crippen molar-refractivity contribution in [1.82, 2.24) is 4.98 Å². The third-order valence-corrected chi connectivity index (χ3v) is 5.09. The van der Waals surface area contributed by atoms with E-state index in [9.17, 15) is 4.79 Å². The molecule has 0 spiro atoms. The first-order valence-electron chi connectivity index (χ1n) is 9.19. The highest BCUT2D eigenvalue weighted by molar-refractivity contribution is 7.14. The number of nitrogens with zero attached hydrogens (tertiary/aromatic N) is 1. The number of carbonyl (C=O) groups excluding carboxylic acids is 1. The summed E-state index contributed by atoms with van der Waals surface area (Å²) in [5.74, 6) is 2.06. The number of ether oxygens (including phenoxy) is 2. The number of furan rings is 1. The van der Waals surface area contributed by atoms with Gasteiger partial charge < -0.3 is 19.2 Å². The number of anilines is 1. The highest BCUT2D eigenvalue weighted by Crippen LogP contribution is 2.32.